The number of carbonyl (C=O) groups excluding carboxylic acids is 3. The quantitative estimate of drug-likeness (QED) is 0.658. The van der Waals surface area contributed by atoms with E-state index >= 15 is 0 Å². The summed E-state index contributed by atoms with van der Waals surface area (Å²) in [5.74, 6) is -0.365. The van der Waals surface area contributed by atoms with Crippen LogP contribution in [0.25, 0.3) is 5.70 Å². The van der Waals surface area contributed by atoms with Crippen LogP contribution < -0.4 is 5.32 Å². The number of likely N-dealkylation sites (tertiary alicyclic amines) is 1. The van der Waals surface area contributed by atoms with Gasteiger partial charge in [-0.2, -0.15) is 0 Å². The molecule has 2 amide bonds. The Hall–Kier alpha value is -2.65. The molecule has 0 radical (unpaired) electrons. The number of fused-ring (bicyclic) bond motifs is 2. The van der Waals surface area contributed by atoms with Crippen molar-refractivity contribution in [1.29, 1.82) is 0 Å². The molecule has 5 aliphatic rings. The summed E-state index contributed by atoms with van der Waals surface area (Å²) in [4.78, 5) is 48.3. The van der Waals surface area contributed by atoms with Crippen molar-refractivity contribution < 1.29 is 19.1 Å². The van der Waals surface area contributed by atoms with Gasteiger partial charge in [-0.3, -0.25) is 19.4 Å². The lowest BCUT2D eigenvalue weighted by molar-refractivity contribution is -0.140. The Kier molecular flexibility index (Phi) is 5.95. The Balaban J connectivity index is 1.22. The van der Waals surface area contributed by atoms with E-state index in [1.165, 1.54) is 0 Å². The van der Waals surface area contributed by atoms with E-state index < -0.39 is 12.1 Å². The van der Waals surface area contributed by atoms with E-state index in [2.05, 4.69) is 27.5 Å². The standard InChI is InChI=1S/C27H32N4O4S/c1-16-13-31(21-20(32)14-35-22(16)21)25(34)23(27(2)9-3-4-10-27)29-24(33)18-7-5-17(6-8-18)19-15-36-26-28-11-12-30(19)26/h5-8,15-16,21-23H,3-4,9-14H2,1-2H3,(H,29,33)/t16-,21-,22-,23-/m1/s1. The van der Waals surface area contributed by atoms with Gasteiger partial charge in [0.25, 0.3) is 5.91 Å². The third-order valence-corrected chi connectivity index (χ3v) is 9.40. The van der Waals surface area contributed by atoms with Crippen molar-refractivity contribution in [3.05, 3.63) is 40.8 Å². The summed E-state index contributed by atoms with van der Waals surface area (Å²) in [6, 6.07) is 6.34. The van der Waals surface area contributed by atoms with Crippen LogP contribution in [-0.2, 0) is 14.3 Å². The van der Waals surface area contributed by atoms with Gasteiger partial charge in [0, 0.05) is 30.0 Å². The Labute approximate surface area is 215 Å². The van der Waals surface area contributed by atoms with Crippen LogP contribution >= 0.6 is 11.8 Å². The molecule has 1 aromatic carbocycles. The highest BCUT2D eigenvalue weighted by atomic mass is 32.2. The second-order valence-electron chi connectivity index (χ2n) is 10.9. The monoisotopic (exact) mass is 508 g/mol. The molecule has 3 fully saturated rings. The van der Waals surface area contributed by atoms with E-state index in [1.54, 1.807) is 16.7 Å². The molecule has 190 valence electrons. The van der Waals surface area contributed by atoms with Crippen LogP contribution in [0, 0.1) is 11.3 Å². The first-order chi connectivity index (χ1) is 17.4. The van der Waals surface area contributed by atoms with Crippen molar-refractivity contribution in [2.45, 2.75) is 57.7 Å². The van der Waals surface area contributed by atoms with Crippen LogP contribution in [0.2, 0.25) is 0 Å². The predicted octanol–water partition coefficient (Wildman–Crippen LogP) is 2.90. The van der Waals surface area contributed by atoms with Gasteiger partial charge in [0.1, 0.15) is 18.7 Å². The number of nitrogens with zero attached hydrogens (tertiary/aromatic N) is 3. The summed E-state index contributed by atoms with van der Waals surface area (Å²) in [5.41, 5.74) is 2.33. The van der Waals surface area contributed by atoms with Crippen molar-refractivity contribution in [2.24, 2.45) is 16.3 Å². The van der Waals surface area contributed by atoms with Crippen molar-refractivity contribution in [3.8, 4) is 0 Å². The molecule has 1 saturated carbocycles. The minimum absolute atomic E-state index is 0.0412. The molecule has 0 spiro atoms. The molecule has 0 unspecified atom stereocenters. The summed E-state index contributed by atoms with van der Waals surface area (Å²) < 4.78 is 5.69. The number of hydrogen-bond donors (Lipinski definition) is 1. The number of thioether (sulfide) groups is 1. The number of hydrogen-bond acceptors (Lipinski definition) is 7. The van der Waals surface area contributed by atoms with Crippen LogP contribution in [0.4, 0.5) is 0 Å². The lowest BCUT2D eigenvalue weighted by atomic mass is 9.79. The van der Waals surface area contributed by atoms with Gasteiger partial charge >= 0.3 is 0 Å². The van der Waals surface area contributed by atoms with Crippen LogP contribution in [0.3, 0.4) is 0 Å². The number of ketones is 1. The first-order valence-corrected chi connectivity index (χ1v) is 13.8. The number of ether oxygens (including phenoxy) is 1. The zero-order valence-corrected chi connectivity index (χ0v) is 21.6. The highest BCUT2D eigenvalue weighted by Gasteiger charge is 2.54. The molecule has 0 aromatic heterocycles. The number of benzene rings is 1. The second-order valence-corrected chi connectivity index (χ2v) is 11.8. The van der Waals surface area contributed by atoms with Crippen molar-refractivity contribution in [1.82, 2.24) is 15.1 Å². The minimum atomic E-state index is -0.677. The average molecular weight is 509 g/mol. The molecule has 4 heterocycles. The third-order valence-electron chi connectivity index (χ3n) is 8.50. The van der Waals surface area contributed by atoms with Gasteiger partial charge < -0.3 is 19.9 Å². The Morgan fingerprint density at radius 1 is 1.22 bits per heavy atom. The van der Waals surface area contributed by atoms with E-state index in [-0.39, 0.29) is 41.6 Å². The summed E-state index contributed by atoms with van der Waals surface area (Å²) in [5, 5.41) is 6.23. The number of amides is 2. The van der Waals surface area contributed by atoms with Gasteiger partial charge in [0.15, 0.2) is 11.0 Å². The maximum Gasteiger partial charge on any atom is 0.251 e. The fraction of sp³-hybridized carbons (Fsp3) is 0.556. The number of rotatable bonds is 5. The smallest absolute Gasteiger partial charge is 0.251 e. The molecular formula is C27H32N4O4S. The lowest BCUT2D eigenvalue weighted by Crippen LogP contribution is -2.57. The summed E-state index contributed by atoms with van der Waals surface area (Å²) in [6.07, 6.45) is 3.56. The van der Waals surface area contributed by atoms with Gasteiger partial charge in [-0.15, -0.1) is 0 Å². The number of nitrogens with one attached hydrogen (secondary N) is 1. The topological polar surface area (TPSA) is 91.3 Å². The zero-order valence-electron chi connectivity index (χ0n) is 20.7. The predicted molar refractivity (Wildman–Crippen MR) is 138 cm³/mol. The molecule has 8 nitrogen and oxygen atoms in total. The average Bonchev–Trinajstić information content (AvgIpc) is 3.68. The van der Waals surface area contributed by atoms with Crippen LogP contribution in [0.1, 0.15) is 55.5 Å². The highest BCUT2D eigenvalue weighted by Crippen LogP contribution is 2.43. The molecule has 4 aliphatic heterocycles. The molecule has 4 atom stereocenters. The largest absolute Gasteiger partial charge is 0.367 e. The maximum atomic E-state index is 13.9. The van der Waals surface area contributed by atoms with Gasteiger partial charge in [-0.05, 0) is 36.0 Å². The minimum Gasteiger partial charge on any atom is -0.367 e. The third kappa shape index (κ3) is 3.87. The number of carbonyl (C=O) groups is 3. The fourth-order valence-corrected chi connectivity index (χ4v) is 7.41. The molecule has 1 aromatic rings. The fourth-order valence-electron chi connectivity index (χ4n) is 6.44. The second kappa shape index (κ2) is 9.03. The van der Waals surface area contributed by atoms with E-state index in [4.69, 9.17) is 4.74 Å². The van der Waals surface area contributed by atoms with E-state index in [0.717, 1.165) is 55.2 Å². The summed E-state index contributed by atoms with van der Waals surface area (Å²) >= 11 is 1.63. The van der Waals surface area contributed by atoms with Gasteiger partial charge in [0.2, 0.25) is 5.91 Å². The molecule has 9 heteroatoms. The Morgan fingerprint density at radius 3 is 2.72 bits per heavy atom. The summed E-state index contributed by atoms with van der Waals surface area (Å²) in [7, 11) is 0. The van der Waals surface area contributed by atoms with Crippen molar-refractivity contribution >= 4 is 40.2 Å². The molecule has 2 saturated heterocycles. The van der Waals surface area contributed by atoms with Crippen molar-refractivity contribution in [2.75, 3.05) is 26.2 Å². The van der Waals surface area contributed by atoms with Gasteiger partial charge in [0.05, 0.1) is 18.3 Å². The number of Topliss-reactive ketones (excluding diaryl/α,β-unsaturated/α-hetero) is 1. The first-order valence-electron chi connectivity index (χ1n) is 12.9. The summed E-state index contributed by atoms with van der Waals surface area (Å²) in [6.45, 7) is 6.34. The Bertz CT molecular complexity index is 1160. The molecule has 1 N–H and O–H groups in total. The Morgan fingerprint density at radius 2 is 1.97 bits per heavy atom. The zero-order chi connectivity index (χ0) is 25.0. The van der Waals surface area contributed by atoms with Crippen LogP contribution in [0.15, 0.2) is 34.7 Å². The SMILES string of the molecule is C[C@@H]1CN(C(=O)[C@@H](NC(=O)c2ccc(C3=CSC4=NCCN34)cc2)C2(C)CCCC2)[C@@H]2C(=O)CO[C@H]12. The molecular weight excluding hydrogens is 476 g/mol. The molecule has 36 heavy (non-hydrogen) atoms. The van der Waals surface area contributed by atoms with E-state index in [9.17, 15) is 14.4 Å². The van der Waals surface area contributed by atoms with Crippen LogP contribution in [-0.4, -0.2) is 77.0 Å². The normalized spacial score (nSPS) is 29.2. The molecule has 1 aliphatic carbocycles. The van der Waals surface area contributed by atoms with Gasteiger partial charge in [-0.1, -0.05) is 50.6 Å². The number of amidine groups is 1. The van der Waals surface area contributed by atoms with E-state index in [1.807, 2.05) is 31.2 Å². The highest BCUT2D eigenvalue weighted by molar-refractivity contribution is 8.16. The first kappa shape index (κ1) is 23.7. The number of aliphatic imine (C=N–C) groups is 1. The molecule has 6 rings (SSSR count). The lowest BCUT2D eigenvalue weighted by Gasteiger charge is -2.37. The van der Waals surface area contributed by atoms with Crippen molar-refractivity contribution in [3.63, 3.8) is 0 Å². The van der Waals surface area contributed by atoms with E-state index in [0.29, 0.717) is 12.1 Å². The molecule has 0 bridgehead atoms. The van der Waals surface area contributed by atoms with Gasteiger partial charge in [-0.25, -0.2) is 0 Å². The van der Waals surface area contributed by atoms with Crippen LogP contribution in [0.5, 0.6) is 0 Å². The maximum absolute atomic E-state index is 13.9.